The number of hydrogen-bond acceptors (Lipinski definition) is 4. The lowest BCUT2D eigenvalue weighted by atomic mass is 10.1. The van der Waals surface area contributed by atoms with E-state index in [-0.39, 0.29) is 37.6 Å². The summed E-state index contributed by atoms with van der Waals surface area (Å²) in [5.41, 5.74) is 1.02. The molecular weight excluding hydrogens is 361 g/mol. The van der Waals surface area contributed by atoms with Gasteiger partial charge in [-0.15, -0.1) is 0 Å². The SMILES string of the molecule is O=C(CCOc1cccc(F)c1)N(Cc1ccc2c(c1)OCO2)C1CCCC1. The first-order chi connectivity index (χ1) is 13.7. The van der Waals surface area contributed by atoms with Crippen LogP contribution in [0.2, 0.25) is 0 Å². The second kappa shape index (κ2) is 8.50. The molecule has 0 radical (unpaired) electrons. The minimum Gasteiger partial charge on any atom is -0.493 e. The van der Waals surface area contributed by atoms with E-state index in [0.29, 0.717) is 12.3 Å². The van der Waals surface area contributed by atoms with Gasteiger partial charge >= 0.3 is 0 Å². The van der Waals surface area contributed by atoms with Crippen molar-refractivity contribution in [3.8, 4) is 17.2 Å². The molecule has 0 atom stereocenters. The number of halogens is 1. The Kier molecular flexibility index (Phi) is 5.65. The monoisotopic (exact) mass is 385 g/mol. The van der Waals surface area contributed by atoms with Gasteiger partial charge in [0.05, 0.1) is 13.0 Å². The topological polar surface area (TPSA) is 48.0 Å². The molecular formula is C22H24FNO4. The van der Waals surface area contributed by atoms with Crippen LogP contribution in [-0.2, 0) is 11.3 Å². The lowest BCUT2D eigenvalue weighted by Crippen LogP contribution is -2.38. The highest BCUT2D eigenvalue weighted by Crippen LogP contribution is 2.34. The summed E-state index contributed by atoms with van der Waals surface area (Å²) in [5.74, 6) is 1.62. The lowest BCUT2D eigenvalue weighted by Gasteiger charge is -2.29. The first-order valence-electron chi connectivity index (χ1n) is 9.75. The Morgan fingerprint density at radius 2 is 1.93 bits per heavy atom. The number of nitrogens with zero attached hydrogens (tertiary/aromatic N) is 1. The number of hydrogen-bond donors (Lipinski definition) is 0. The molecule has 148 valence electrons. The van der Waals surface area contributed by atoms with Crippen LogP contribution in [-0.4, -0.2) is 30.2 Å². The van der Waals surface area contributed by atoms with E-state index in [1.807, 2.05) is 23.1 Å². The highest BCUT2D eigenvalue weighted by atomic mass is 19.1. The van der Waals surface area contributed by atoms with Gasteiger partial charge < -0.3 is 19.1 Å². The second-order valence-electron chi connectivity index (χ2n) is 7.20. The number of rotatable bonds is 7. The van der Waals surface area contributed by atoms with E-state index in [2.05, 4.69) is 0 Å². The van der Waals surface area contributed by atoms with Crippen LogP contribution in [0.15, 0.2) is 42.5 Å². The van der Waals surface area contributed by atoms with Crippen molar-refractivity contribution >= 4 is 5.91 Å². The summed E-state index contributed by atoms with van der Waals surface area (Å²) in [5, 5.41) is 0. The van der Waals surface area contributed by atoms with Gasteiger partial charge in [-0.05, 0) is 42.7 Å². The van der Waals surface area contributed by atoms with Crippen LogP contribution < -0.4 is 14.2 Å². The molecule has 1 heterocycles. The third-order valence-corrected chi connectivity index (χ3v) is 5.26. The zero-order chi connectivity index (χ0) is 19.3. The molecule has 2 aromatic rings. The van der Waals surface area contributed by atoms with E-state index in [1.165, 1.54) is 12.1 Å². The van der Waals surface area contributed by atoms with E-state index in [9.17, 15) is 9.18 Å². The Morgan fingerprint density at radius 3 is 2.75 bits per heavy atom. The molecule has 0 spiro atoms. The summed E-state index contributed by atoms with van der Waals surface area (Å²) >= 11 is 0. The number of carbonyl (C=O) groups is 1. The summed E-state index contributed by atoms with van der Waals surface area (Å²) in [6.07, 6.45) is 4.62. The minimum atomic E-state index is -0.348. The van der Waals surface area contributed by atoms with Gasteiger partial charge in [0.15, 0.2) is 11.5 Å². The smallest absolute Gasteiger partial charge is 0.231 e. The van der Waals surface area contributed by atoms with Crippen molar-refractivity contribution in [2.75, 3.05) is 13.4 Å². The molecule has 4 rings (SSSR count). The van der Waals surface area contributed by atoms with E-state index in [0.717, 1.165) is 42.7 Å². The number of ether oxygens (including phenoxy) is 3. The maximum absolute atomic E-state index is 13.2. The summed E-state index contributed by atoms with van der Waals surface area (Å²) in [6.45, 7) is 1.01. The van der Waals surface area contributed by atoms with Gasteiger partial charge in [-0.1, -0.05) is 25.0 Å². The van der Waals surface area contributed by atoms with Crippen LogP contribution in [0.5, 0.6) is 17.2 Å². The average molecular weight is 385 g/mol. The summed E-state index contributed by atoms with van der Waals surface area (Å²) in [4.78, 5) is 14.9. The molecule has 0 saturated heterocycles. The zero-order valence-electron chi connectivity index (χ0n) is 15.7. The third-order valence-electron chi connectivity index (χ3n) is 5.26. The van der Waals surface area contributed by atoms with Crippen LogP contribution in [0, 0.1) is 5.82 Å². The van der Waals surface area contributed by atoms with E-state index in [4.69, 9.17) is 14.2 Å². The number of benzene rings is 2. The van der Waals surface area contributed by atoms with Crippen molar-refractivity contribution in [1.82, 2.24) is 4.90 Å². The number of amides is 1. The Hall–Kier alpha value is -2.76. The van der Waals surface area contributed by atoms with Crippen molar-refractivity contribution in [3.05, 3.63) is 53.8 Å². The van der Waals surface area contributed by atoms with Crippen LogP contribution >= 0.6 is 0 Å². The highest BCUT2D eigenvalue weighted by molar-refractivity contribution is 5.76. The highest BCUT2D eigenvalue weighted by Gasteiger charge is 2.27. The van der Waals surface area contributed by atoms with Crippen molar-refractivity contribution < 1.29 is 23.4 Å². The third kappa shape index (κ3) is 4.38. The maximum atomic E-state index is 13.2. The van der Waals surface area contributed by atoms with Crippen LogP contribution in [0.1, 0.15) is 37.7 Å². The van der Waals surface area contributed by atoms with E-state index in [1.54, 1.807) is 12.1 Å². The summed E-state index contributed by atoms with van der Waals surface area (Å²) in [6, 6.07) is 12.0. The van der Waals surface area contributed by atoms with Gasteiger partial charge in [-0.3, -0.25) is 4.79 Å². The standard InChI is InChI=1S/C22H24FNO4/c23-17-4-3-7-19(13-17)26-11-10-22(25)24(18-5-1-2-6-18)14-16-8-9-20-21(12-16)28-15-27-20/h3-4,7-9,12-13,18H,1-2,5-6,10-11,14-15H2. The quantitative estimate of drug-likeness (QED) is 0.713. The normalized spacial score (nSPS) is 15.6. The van der Waals surface area contributed by atoms with Gasteiger partial charge in [0, 0.05) is 18.7 Å². The molecule has 2 aliphatic rings. The number of fused-ring (bicyclic) bond motifs is 1. The minimum absolute atomic E-state index is 0.0565. The first-order valence-corrected chi connectivity index (χ1v) is 9.75. The fourth-order valence-electron chi connectivity index (χ4n) is 3.83. The Balaban J connectivity index is 1.39. The molecule has 28 heavy (non-hydrogen) atoms. The molecule has 0 aromatic heterocycles. The molecule has 0 bridgehead atoms. The van der Waals surface area contributed by atoms with Gasteiger partial charge in [-0.2, -0.15) is 0 Å². The van der Waals surface area contributed by atoms with Gasteiger partial charge in [0.25, 0.3) is 0 Å². The summed E-state index contributed by atoms with van der Waals surface area (Å²) in [7, 11) is 0. The van der Waals surface area contributed by atoms with Crippen molar-refractivity contribution in [1.29, 1.82) is 0 Å². The average Bonchev–Trinajstić information content (AvgIpc) is 3.37. The largest absolute Gasteiger partial charge is 0.493 e. The van der Waals surface area contributed by atoms with Gasteiger partial charge in [-0.25, -0.2) is 4.39 Å². The predicted molar refractivity (Wildman–Crippen MR) is 102 cm³/mol. The Labute approximate surface area is 164 Å². The lowest BCUT2D eigenvalue weighted by molar-refractivity contribution is -0.134. The number of carbonyl (C=O) groups excluding carboxylic acids is 1. The van der Waals surface area contributed by atoms with Crippen LogP contribution in [0.4, 0.5) is 4.39 Å². The Morgan fingerprint density at radius 1 is 1.11 bits per heavy atom. The zero-order valence-corrected chi connectivity index (χ0v) is 15.7. The molecule has 1 fully saturated rings. The van der Waals surface area contributed by atoms with E-state index < -0.39 is 0 Å². The van der Waals surface area contributed by atoms with Crippen LogP contribution in [0.3, 0.4) is 0 Å². The molecule has 1 amide bonds. The van der Waals surface area contributed by atoms with Gasteiger partial charge in [0.1, 0.15) is 11.6 Å². The van der Waals surface area contributed by atoms with Crippen molar-refractivity contribution in [3.63, 3.8) is 0 Å². The summed E-state index contributed by atoms with van der Waals surface area (Å²) < 4.78 is 29.6. The van der Waals surface area contributed by atoms with Crippen LogP contribution in [0.25, 0.3) is 0 Å². The molecule has 0 N–H and O–H groups in total. The van der Waals surface area contributed by atoms with Gasteiger partial charge in [0.2, 0.25) is 12.7 Å². The van der Waals surface area contributed by atoms with Crippen molar-refractivity contribution in [2.45, 2.75) is 44.7 Å². The fourth-order valence-corrected chi connectivity index (χ4v) is 3.83. The Bertz CT molecular complexity index is 835. The predicted octanol–water partition coefficient (Wildman–Crippen LogP) is 4.29. The van der Waals surface area contributed by atoms with E-state index >= 15 is 0 Å². The molecule has 6 heteroatoms. The second-order valence-corrected chi connectivity index (χ2v) is 7.20. The molecule has 2 aromatic carbocycles. The molecule has 1 aliphatic carbocycles. The first kappa shape index (κ1) is 18.6. The molecule has 1 saturated carbocycles. The molecule has 1 aliphatic heterocycles. The molecule has 5 nitrogen and oxygen atoms in total. The fraction of sp³-hybridized carbons (Fsp3) is 0.409. The molecule has 0 unspecified atom stereocenters. The van der Waals surface area contributed by atoms with Crippen molar-refractivity contribution in [2.24, 2.45) is 0 Å². The maximum Gasteiger partial charge on any atom is 0.231 e.